The Labute approximate surface area is 146 Å². The average Bonchev–Trinajstić information content (AvgIpc) is 3.11. The standard InChI is InChI=1S/C18H20N4O3/c1-24-17-13(3-2-6-20-17)18(23)22-8-5-12-9-15(25-16(12)10-22)14-4-7-19-11-21-14/h2-4,6-7,11-12,15-16H,5,8-10H2,1H3/t12-,15-,16+/m0/s1. The highest BCUT2D eigenvalue weighted by Crippen LogP contribution is 2.40. The summed E-state index contributed by atoms with van der Waals surface area (Å²) in [6, 6.07) is 5.39. The van der Waals surface area contributed by atoms with Crippen LogP contribution in [0.5, 0.6) is 5.88 Å². The van der Waals surface area contributed by atoms with Gasteiger partial charge in [0.25, 0.3) is 5.91 Å². The molecule has 4 heterocycles. The van der Waals surface area contributed by atoms with Crippen molar-refractivity contribution in [1.82, 2.24) is 19.9 Å². The number of likely N-dealkylation sites (tertiary alicyclic amines) is 1. The van der Waals surface area contributed by atoms with E-state index < -0.39 is 0 Å². The quantitative estimate of drug-likeness (QED) is 0.849. The molecule has 4 rings (SSSR count). The minimum atomic E-state index is -0.0579. The molecule has 2 fully saturated rings. The van der Waals surface area contributed by atoms with Crippen LogP contribution in [0.1, 0.15) is 35.0 Å². The Balaban J connectivity index is 1.47. The third kappa shape index (κ3) is 3.07. The van der Waals surface area contributed by atoms with Crippen molar-refractivity contribution < 1.29 is 14.3 Å². The van der Waals surface area contributed by atoms with E-state index in [4.69, 9.17) is 9.47 Å². The van der Waals surface area contributed by atoms with Crippen LogP contribution in [0.2, 0.25) is 0 Å². The molecule has 7 heteroatoms. The normalized spacial score (nSPS) is 25.5. The highest BCUT2D eigenvalue weighted by atomic mass is 16.5. The number of rotatable bonds is 3. The summed E-state index contributed by atoms with van der Waals surface area (Å²) in [4.78, 5) is 27.1. The summed E-state index contributed by atoms with van der Waals surface area (Å²) in [5, 5.41) is 0. The van der Waals surface area contributed by atoms with Crippen molar-refractivity contribution in [2.45, 2.75) is 25.0 Å². The van der Waals surface area contributed by atoms with E-state index in [0.717, 1.165) is 25.1 Å². The Morgan fingerprint density at radius 1 is 1.32 bits per heavy atom. The molecule has 0 saturated carbocycles. The molecule has 130 valence electrons. The summed E-state index contributed by atoms with van der Waals surface area (Å²) in [7, 11) is 1.53. The predicted octanol–water partition coefficient (Wildman–Crippen LogP) is 1.87. The van der Waals surface area contributed by atoms with Crippen LogP contribution < -0.4 is 4.74 Å². The van der Waals surface area contributed by atoms with Crippen molar-refractivity contribution in [2.75, 3.05) is 20.2 Å². The summed E-state index contributed by atoms with van der Waals surface area (Å²) in [5.74, 6) is 0.762. The van der Waals surface area contributed by atoms with Gasteiger partial charge in [0, 0.05) is 25.5 Å². The molecule has 2 aromatic heterocycles. The van der Waals surface area contributed by atoms with Crippen molar-refractivity contribution in [3.63, 3.8) is 0 Å². The number of hydrogen-bond donors (Lipinski definition) is 0. The molecule has 0 aliphatic carbocycles. The number of fused-ring (bicyclic) bond motifs is 1. The largest absolute Gasteiger partial charge is 0.480 e. The van der Waals surface area contributed by atoms with Gasteiger partial charge in [-0.3, -0.25) is 4.79 Å². The second-order valence-electron chi connectivity index (χ2n) is 6.39. The Morgan fingerprint density at radius 2 is 2.24 bits per heavy atom. The van der Waals surface area contributed by atoms with Gasteiger partial charge in [0.05, 0.1) is 18.9 Å². The van der Waals surface area contributed by atoms with Crippen molar-refractivity contribution in [2.24, 2.45) is 5.92 Å². The average molecular weight is 340 g/mol. The van der Waals surface area contributed by atoms with E-state index in [9.17, 15) is 4.79 Å². The van der Waals surface area contributed by atoms with Crippen LogP contribution in [-0.2, 0) is 4.74 Å². The fraction of sp³-hybridized carbons (Fsp3) is 0.444. The molecule has 0 N–H and O–H groups in total. The lowest BCUT2D eigenvalue weighted by Crippen LogP contribution is -2.45. The Bertz CT molecular complexity index is 755. The first-order valence-electron chi connectivity index (χ1n) is 8.46. The maximum Gasteiger partial charge on any atom is 0.259 e. The Morgan fingerprint density at radius 3 is 3.04 bits per heavy atom. The third-order valence-corrected chi connectivity index (χ3v) is 4.97. The number of amides is 1. The molecular formula is C18H20N4O3. The smallest absolute Gasteiger partial charge is 0.259 e. The lowest BCUT2D eigenvalue weighted by molar-refractivity contribution is -0.00574. The molecular weight excluding hydrogens is 320 g/mol. The van der Waals surface area contributed by atoms with Gasteiger partial charge in [-0.2, -0.15) is 0 Å². The molecule has 2 aromatic rings. The number of methoxy groups -OCH3 is 1. The molecule has 2 saturated heterocycles. The highest BCUT2D eigenvalue weighted by Gasteiger charge is 2.41. The highest BCUT2D eigenvalue weighted by molar-refractivity contribution is 5.96. The number of piperidine rings is 1. The zero-order valence-corrected chi connectivity index (χ0v) is 14.0. The van der Waals surface area contributed by atoms with Crippen molar-refractivity contribution >= 4 is 5.91 Å². The Hall–Kier alpha value is -2.54. The van der Waals surface area contributed by atoms with Gasteiger partial charge in [0.15, 0.2) is 0 Å². The molecule has 2 aliphatic rings. The number of carbonyl (C=O) groups is 1. The molecule has 0 aromatic carbocycles. The first-order chi connectivity index (χ1) is 12.3. The zero-order valence-electron chi connectivity index (χ0n) is 14.0. The van der Waals surface area contributed by atoms with Crippen molar-refractivity contribution in [3.8, 4) is 5.88 Å². The van der Waals surface area contributed by atoms with Crippen LogP contribution in [0.15, 0.2) is 36.9 Å². The summed E-state index contributed by atoms with van der Waals surface area (Å²) >= 11 is 0. The maximum atomic E-state index is 12.8. The van der Waals surface area contributed by atoms with Crippen LogP contribution >= 0.6 is 0 Å². The van der Waals surface area contributed by atoms with E-state index in [1.165, 1.54) is 7.11 Å². The molecule has 0 unspecified atom stereocenters. The fourth-order valence-corrected chi connectivity index (χ4v) is 3.68. The van der Waals surface area contributed by atoms with Gasteiger partial charge in [-0.25, -0.2) is 15.0 Å². The van der Waals surface area contributed by atoms with E-state index in [1.807, 2.05) is 11.0 Å². The molecule has 0 spiro atoms. The van der Waals surface area contributed by atoms with Crippen molar-refractivity contribution in [3.05, 3.63) is 48.2 Å². The van der Waals surface area contributed by atoms with Crippen LogP contribution in [0, 0.1) is 5.92 Å². The SMILES string of the molecule is COc1ncccc1C(=O)N1CC[C@H]2C[C@@H](c3ccncn3)O[C@@H]2C1. The minimum Gasteiger partial charge on any atom is -0.480 e. The molecule has 1 amide bonds. The van der Waals surface area contributed by atoms with Gasteiger partial charge in [0.1, 0.15) is 18.0 Å². The fourth-order valence-electron chi connectivity index (χ4n) is 3.68. The summed E-state index contributed by atoms with van der Waals surface area (Å²) in [5.41, 5.74) is 1.41. The maximum absolute atomic E-state index is 12.8. The lowest BCUT2D eigenvalue weighted by Gasteiger charge is -2.34. The molecule has 0 bridgehead atoms. The van der Waals surface area contributed by atoms with E-state index in [0.29, 0.717) is 23.9 Å². The minimum absolute atomic E-state index is 0.0130. The van der Waals surface area contributed by atoms with Crippen LogP contribution in [0.25, 0.3) is 0 Å². The lowest BCUT2D eigenvalue weighted by atomic mass is 9.91. The monoisotopic (exact) mass is 340 g/mol. The van der Waals surface area contributed by atoms with E-state index in [-0.39, 0.29) is 18.1 Å². The number of aromatic nitrogens is 3. The van der Waals surface area contributed by atoms with Gasteiger partial charge in [-0.05, 0) is 37.0 Å². The first kappa shape index (κ1) is 16.0. The molecule has 3 atom stereocenters. The molecule has 2 aliphatic heterocycles. The zero-order chi connectivity index (χ0) is 17.2. The third-order valence-electron chi connectivity index (χ3n) is 4.97. The second kappa shape index (κ2) is 6.76. The number of nitrogens with zero attached hydrogens (tertiary/aromatic N) is 4. The van der Waals surface area contributed by atoms with Crippen molar-refractivity contribution in [1.29, 1.82) is 0 Å². The second-order valence-corrected chi connectivity index (χ2v) is 6.39. The predicted molar refractivity (Wildman–Crippen MR) is 89.1 cm³/mol. The molecule has 0 radical (unpaired) electrons. The van der Waals surface area contributed by atoms with Crippen LogP contribution in [0.3, 0.4) is 0 Å². The number of pyridine rings is 1. The molecule has 25 heavy (non-hydrogen) atoms. The summed E-state index contributed by atoms with van der Waals surface area (Å²) in [6.45, 7) is 1.31. The summed E-state index contributed by atoms with van der Waals surface area (Å²) in [6.07, 6.45) is 6.80. The number of hydrogen-bond acceptors (Lipinski definition) is 6. The van der Waals surface area contributed by atoms with Crippen LogP contribution in [-0.4, -0.2) is 52.1 Å². The number of carbonyl (C=O) groups excluding carboxylic acids is 1. The topological polar surface area (TPSA) is 77.4 Å². The van der Waals surface area contributed by atoms with Gasteiger partial charge in [-0.1, -0.05) is 0 Å². The van der Waals surface area contributed by atoms with E-state index in [2.05, 4.69) is 15.0 Å². The first-order valence-corrected chi connectivity index (χ1v) is 8.46. The van der Waals surface area contributed by atoms with E-state index in [1.54, 1.807) is 30.9 Å². The van der Waals surface area contributed by atoms with E-state index >= 15 is 0 Å². The van der Waals surface area contributed by atoms with Gasteiger partial charge < -0.3 is 14.4 Å². The van der Waals surface area contributed by atoms with Gasteiger partial charge >= 0.3 is 0 Å². The Kier molecular flexibility index (Phi) is 4.31. The van der Waals surface area contributed by atoms with Gasteiger partial charge in [-0.15, -0.1) is 0 Å². The number of ether oxygens (including phenoxy) is 2. The van der Waals surface area contributed by atoms with Crippen LogP contribution in [0.4, 0.5) is 0 Å². The van der Waals surface area contributed by atoms with Gasteiger partial charge in [0.2, 0.25) is 5.88 Å². The molecule has 7 nitrogen and oxygen atoms in total. The summed E-state index contributed by atoms with van der Waals surface area (Å²) < 4.78 is 11.4.